The van der Waals surface area contributed by atoms with Crippen molar-refractivity contribution in [1.29, 1.82) is 0 Å². The number of aryl methyl sites for hydroxylation is 1. The summed E-state index contributed by atoms with van der Waals surface area (Å²) in [6.45, 7) is 1.84. The summed E-state index contributed by atoms with van der Waals surface area (Å²) in [5.74, 6) is -1.43. The monoisotopic (exact) mass is 462 g/mol. The molecule has 2 aromatic carbocycles. The highest BCUT2D eigenvalue weighted by atomic mass is 19.1. The van der Waals surface area contributed by atoms with Gasteiger partial charge in [0.25, 0.3) is 5.91 Å². The van der Waals surface area contributed by atoms with Crippen LogP contribution in [0.25, 0.3) is 22.5 Å². The minimum atomic E-state index is -0.582. The zero-order valence-electron chi connectivity index (χ0n) is 18.6. The number of rotatable bonds is 8. The summed E-state index contributed by atoms with van der Waals surface area (Å²) in [6.07, 6.45) is 2.45. The Balaban J connectivity index is 1.60. The summed E-state index contributed by atoms with van der Waals surface area (Å²) in [5.41, 5.74) is 3.51. The smallest absolute Gasteiger partial charge is 0.252 e. The zero-order valence-corrected chi connectivity index (χ0v) is 18.6. The second-order valence-electron chi connectivity index (χ2n) is 8.05. The van der Waals surface area contributed by atoms with Gasteiger partial charge in [-0.3, -0.25) is 14.9 Å². The number of aliphatic hydroxyl groups excluding tert-OH is 1. The molecular weight excluding hydrogens is 438 g/mol. The highest BCUT2D eigenvalue weighted by Gasteiger charge is 2.22. The van der Waals surface area contributed by atoms with E-state index in [0.717, 1.165) is 11.3 Å². The quantitative estimate of drug-likeness (QED) is 0.361. The van der Waals surface area contributed by atoms with Crippen LogP contribution in [-0.2, 0) is 6.42 Å². The molecule has 0 saturated carbocycles. The van der Waals surface area contributed by atoms with Gasteiger partial charge in [-0.15, -0.1) is 0 Å². The third-order valence-electron chi connectivity index (χ3n) is 5.49. The normalized spacial score (nSPS) is 11.9. The first-order valence-corrected chi connectivity index (χ1v) is 10.9. The number of nitrogens with zero attached hydrogens (tertiary/aromatic N) is 2. The van der Waals surface area contributed by atoms with E-state index >= 15 is 0 Å². The molecule has 4 rings (SSSR count). The van der Waals surface area contributed by atoms with Gasteiger partial charge in [-0.1, -0.05) is 6.07 Å². The van der Waals surface area contributed by atoms with Gasteiger partial charge in [-0.25, -0.2) is 8.78 Å². The number of aromatic amines is 1. The van der Waals surface area contributed by atoms with Crippen molar-refractivity contribution < 1.29 is 18.7 Å². The second kappa shape index (κ2) is 10.4. The maximum atomic E-state index is 14.9. The Hall–Kier alpha value is -3.91. The fraction of sp³-hybridized carbons (Fsp3) is 0.192. The predicted molar refractivity (Wildman–Crippen MR) is 125 cm³/mol. The summed E-state index contributed by atoms with van der Waals surface area (Å²) in [4.78, 5) is 17.5. The number of benzene rings is 2. The highest BCUT2D eigenvalue weighted by Crippen LogP contribution is 2.29. The molecule has 0 radical (unpaired) electrons. The molecule has 0 bridgehead atoms. The number of aromatic nitrogens is 3. The van der Waals surface area contributed by atoms with Crippen LogP contribution in [0.1, 0.15) is 28.0 Å². The van der Waals surface area contributed by atoms with Crippen molar-refractivity contribution in [1.82, 2.24) is 20.5 Å². The van der Waals surface area contributed by atoms with E-state index in [-0.39, 0.29) is 29.6 Å². The van der Waals surface area contributed by atoms with Crippen LogP contribution >= 0.6 is 0 Å². The van der Waals surface area contributed by atoms with Crippen molar-refractivity contribution >= 4 is 5.91 Å². The summed E-state index contributed by atoms with van der Waals surface area (Å²) in [7, 11) is 0. The zero-order chi connectivity index (χ0) is 24.1. The molecule has 0 aliphatic heterocycles. The fourth-order valence-corrected chi connectivity index (χ4v) is 3.81. The van der Waals surface area contributed by atoms with E-state index in [1.54, 1.807) is 24.4 Å². The summed E-state index contributed by atoms with van der Waals surface area (Å²) in [6, 6.07) is 15.1. The molecule has 0 aliphatic carbocycles. The average Bonchev–Trinajstić information content (AvgIpc) is 3.29. The molecule has 6 nitrogen and oxygen atoms in total. The van der Waals surface area contributed by atoms with Gasteiger partial charge in [-0.2, -0.15) is 5.10 Å². The van der Waals surface area contributed by atoms with Crippen LogP contribution in [0.3, 0.4) is 0 Å². The standard InChI is InChI=1S/C26H24F2N4O2/c1-16-9-11-29-20(13-16)14-19(10-12-33)30-26(34)21-3-2-4-22(28)25(21)24-15-23(31-32-24)17-5-7-18(27)8-6-17/h2-9,11,13,15,19,33H,10,12,14H2,1H3,(H,30,34)(H,31,32)/t19-/m1/s1. The first kappa shape index (κ1) is 23.3. The van der Waals surface area contributed by atoms with E-state index in [9.17, 15) is 18.7 Å². The van der Waals surface area contributed by atoms with E-state index in [2.05, 4.69) is 20.5 Å². The third kappa shape index (κ3) is 5.35. The predicted octanol–water partition coefficient (Wildman–Crippen LogP) is 4.45. The minimum absolute atomic E-state index is 0.0808. The van der Waals surface area contributed by atoms with E-state index < -0.39 is 11.7 Å². The lowest BCUT2D eigenvalue weighted by atomic mass is 10.0. The van der Waals surface area contributed by atoms with Crippen molar-refractivity contribution in [2.24, 2.45) is 0 Å². The van der Waals surface area contributed by atoms with Gasteiger partial charge in [0.15, 0.2) is 0 Å². The number of halogens is 2. The van der Waals surface area contributed by atoms with Gasteiger partial charge in [0.1, 0.15) is 11.6 Å². The van der Waals surface area contributed by atoms with E-state index in [4.69, 9.17) is 0 Å². The molecule has 2 aromatic heterocycles. The van der Waals surface area contributed by atoms with Crippen LogP contribution < -0.4 is 5.32 Å². The maximum Gasteiger partial charge on any atom is 0.252 e. The lowest BCUT2D eigenvalue weighted by Gasteiger charge is -2.19. The molecule has 0 unspecified atom stereocenters. The molecule has 34 heavy (non-hydrogen) atoms. The number of amides is 1. The molecule has 8 heteroatoms. The lowest BCUT2D eigenvalue weighted by Crippen LogP contribution is -2.37. The van der Waals surface area contributed by atoms with Crippen molar-refractivity contribution in [2.45, 2.75) is 25.8 Å². The minimum Gasteiger partial charge on any atom is -0.396 e. The van der Waals surface area contributed by atoms with Gasteiger partial charge in [-0.05, 0) is 73.5 Å². The fourth-order valence-electron chi connectivity index (χ4n) is 3.81. The number of aliphatic hydroxyl groups is 1. The summed E-state index contributed by atoms with van der Waals surface area (Å²) < 4.78 is 28.2. The summed E-state index contributed by atoms with van der Waals surface area (Å²) in [5, 5.41) is 19.4. The Labute approximate surface area is 195 Å². The van der Waals surface area contributed by atoms with Crippen LogP contribution in [-0.4, -0.2) is 38.8 Å². The third-order valence-corrected chi connectivity index (χ3v) is 5.49. The molecular formula is C26H24F2N4O2. The summed E-state index contributed by atoms with van der Waals surface area (Å²) >= 11 is 0. The number of pyridine rings is 1. The topological polar surface area (TPSA) is 90.9 Å². The number of carbonyl (C=O) groups excluding carboxylic acids is 1. The molecule has 2 heterocycles. The molecule has 0 fully saturated rings. The molecule has 4 aromatic rings. The van der Waals surface area contributed by atoms with Crippen molar-refractivity contribution in [2.75, 3.05) is 6.61 Å². The second-order valence-corrected chi connectivity index (χ2v) is 8.05. The Kier molecular flexibility index (Phi) is 7.08. The molecule has 1 atom stereocenters. The average molecular weight is 463 g/mol. The van der Waals surface area contributed by atoms with Crippen molar-refractivity contribution in [3.05, 3.63) is 95.3 Å². The Morgan fingerprint density at radius 3 is 2.65 bits per heavy atom. The number of H-pyrrole nitrogens is 1. The Morgan fingerprint density at radius 2 is 1.91 bits per heavy atom. The Bertz CT molecular complexity index is 1290. The highest BCUT2D eigenvalue weighted by molar-refractivity contribution is 6.01. The van der Waals surface area contributed by atoms with Crippen molar-refractivity contribution in [3.63, 3.8) is 0 Å². The molecule has 0 aliphatic rings. The van der Waals surface area contributed by atoms with Gasteiger partial charge in [0, 0.05) is 42.1 Å². The first-order valence-electron chi connectivity index (χ1n) is 10.9. The van der Waals surface area contributed by atoms with Crippen LogP contribution in [0, 0.1) is 18.6 Å². The van der Waals surface area contributed by atoms with Gasteiger partial charge < -0.3 is 10.4 Å². The van der Waals surface area contributed by atoms with E-state index in [1.165, 1.54) is 30.3 Å². The molecule has 3 N–H and O–H groups in total. The van der Waals surface area contributed by atoms with Crippen LogP contribution in [0.15, 0.2) is 66.9 Å². The van der Waals surface area contributed by atoms with Gasteiger partial charge in [0.05, 0.1) is 17.0 Å². The molecule has 174 valence electrons. The van der Waals surface area contributed by atoms with E-state index in [1.807, 2.05) is 19.1 Å². The van der Waals surface area contributed by atoms with Gasteiger partial charge >= 0.3 is 0 Å². The molecule has 1 amide bonds. The van der Waals surface area contributed by atoms with Crippen LogP contribution in [0.2, 0.25) is 0 Å². The number of hydrogen-bond acceptors (Lipinski definition) is 4. The maximum absolute atomic E-state index is 14.9. The molecule has 0 spiro atoms. The van der Waals surface area contributed by atoms with Gasteiger partial charge in [0.2, 0.25) is 0 Å². The van der Waals surface area contributed by atoms with Crippen LogP contribution in [0.5, 0.6) is 0 Å². The molecule has 0 saturated heterocycles. The number of nitrogens with one attached hydrogen (secondary N) is 2. The number of carbonyl (C=O) groups is 1. The largest absolute Gasteiger partial charge is 0.396 e. The van der Waals surface area contributed by atoms with E-state index in [0.29, 0.717) is 29.8 Å². The van der Waals surface area contributed by atoms with Crippen molar-refractivity contribution in [3.8, 4) is 22.5 Å². The first-order chi connectivity index (χ1) is 16.4. The van der Waals surface area contributed by atoms with Crippen LogP contribution in [0.4, 0.5) is 8.78 Å². The SMILES string of the molecule is Cc1ccnc(C[C@@H](CCO)NC(=O)c2cccc(F)c2-c2cc(-c3ccc(F)cc3)n[nH]2)c1. The Morgan fingerprint density at radius 1 is 1.12 bits per heavy atom. The number of hydrogen-bond donors (Lipinski definition) is 3. The lowest BCUT2D eigenvalue weighted by molar-refractivity contribution is 0.0930.